The minimum Gasteiger partial charge on any atom is -0.311 e. The third-order valence-electron chi connectivity index (χ3n) is 11.2. The van der Waals surface area contributed by atoms with Crippen molar-refractivity contribution in [2.45, 2.75) is 26.2 Å². The van der Waals surface area contributed by atoms with Crippen LogP contribution in [0.4, 0.5) is 17.1 Å². The standard InChI is InChI=1S/C54H42N4/c1-54(2,3)41-27-33-45(34-28-41)58-50-21-13-10-18-46(50)47-36-40(26-35-51(47)58)37-22-29-43(30-23-37)57(42-16-8-5-9-17-42)44-31-24-39(25-32-44)53-52(38-14-6-4-7-15-38)55-48-19-11-12-20-49(48)56-53/h4-36H,1-3H3. The Morgan fingerprint density at radius 2 is 0.879 bits per heavy atom. The van der Waals surface area contributed by atoms with Gasteiger partial charge in [0.2, 0.25) is 0 Å². The number of nitrogens with zero attached hydrogens (tertiary/aromatic N) is 4. The first-order valence-electron chi connectivity index (χ1n) is 19.9. The molecule has 0 saturated carbocycles. The molecule has 0 radical (unpaired) electrons. The summed E-state index contributed by atoms with van der Waals surface area (Å²) in [5, 5.41) is 2.50. The normalized spacial score (nSPS) is 11.7. The molecule has 0 aliphatic heterocycles. The molecule has 10 aromatic rings. The molecule has 10 rings (SSSR count). The zero-order chi connectivity index (χ0) is 39.2. The smallest absolute Gasteiger partial charge is 0.0973 e. The maximum absolute atomic E-state index is 5.14. The summed E-state index contributed by atoms with van der Waals surface area (Å²) in [5.74, 6) is 0. The van der Waals surface area contributed by atoms with Crippen LogP contribution in [0.3, 0.4) is 0 Å². The Morgan fingerprint density at radius 1 is 0.397 bits per heavy atom. The van der Waals surface area contributed by atoms with Crippen LogP contribution >= 0.6 is 0 Å². The second kappa shape index (κ2) is 14.3. The molecule has 0 aliphatic rings. The molecule has 0 N–H and O–H groups in total. The molecular formula is C54H42N4. The van der Waals surface area contributed by atoms with Gasteiger partial charge in [-0.2, -0.15) is 0 Å². The molecule has 58 heavy (non-hydrogen) atoms. The van der Waals surface area contributed by atoms with E-state index in [1.807, 2.05) is 42.5 Å². The van der Waals surface area contributed by atoms with E-state index < -0.39 is 0 Å². The van der Waals surface area contributed by atoms with Crippen LogP contribution in [0.5, 0.6) is 0 Å². The van der Waals surface area contributed by atoms with Gasteiger partial charge >= 0.3 is 0 Å². The van der Waals surface area contributed by atoms with Crippen LogP contribution in [0.2, 0.25) is 0 Å². The van der Waals surface area contributed by atoms with Gasteiger partial charge < -0.3 is 9.47 Å². The average molecular weight is 747 g/mol. The first-order chi connectivity index (χ1) is 28.4. The maximum atomic E-state index is 5.14. The van der Waals surface area contributed by atoms with E-state index in [9.17, 15) is 0 Å². The highest BCUT2D eigenvalue weighted by atomic mass is 15.1. The Balaban J connectivity index is 1.01. The van der Waals surface area contributed by atoms with Crippen LogP contribution in [-0.4, -0.2) is 14.5 Å². The van der Waals surface area contributed by atoms with E-state index >= 15 is 0 Å². The first kappa shape index (κ1) is 35.1. The van der Waals surface area contributed by atoms with Crippen LogP contribution in [0.15, 0.2) is 200 Å². The average Bonchev–Trinajstić information content (AvgIpc) is 3.61. The SMILES string of the molecule is CC(C)(C)c1ccc(-n2c3ccccc3c3cc(-c4ccc(N(c5ccccc5)c5ccc(-c6nc7ccccc7nc6-c6ccccc6)cc5)cc4)ccc32)cc1. The summed E-state index contributed by atoms with van der Waals surface area (Å²) in [6, 6.07) is 71.2. The molecule has 0 spiro atoms. The summed E-state index contributed by atoms with van der Waals surface area (Å²) in [6.45, 7) is 6.78. The number of anilines is 3. The second-order valence-corrected chi connectivity index (χ2v) is 15.9. The van der Waals surface area contributed by atoms with E-state index in [0.29, 0.717) is 0 Å². The molecule has 0 fully saturated rings. The maximum Gasteiger partial charge on any atom is 0.0973 e. The van der Waals surface area contributed by atoms with Crippen molar-refractivity contribution in [3.63, 3.8) is 0 Å². The summed E-state index contributed by atoms with van der Waals surface area (Å²) in [6.07, 6.45) is 0. The van der Waals surface area contributed by atoms with Gasteiger partial charge in [0.15, 0.2) is 0 Å². The fourth-order valence-corrected chi connectivity index (χ4v) is 8.14. The quantitative estimate of drug-likeness (QED) is 0.163. The molecule has 2 aromatic heterocycles. The molecule has 278 valence electrons. The summed E-state index contributed by atoms with van der Waals surface area (Å²) >= 11 is 0. The number of benzene rings is 8. The topological polar surface area (TPSA) is 34.0 Å². The highest BCUT2D eigenvalue weighted by Crippen LogP contribution is 2.40. The van der Waals surface area contributed by atoms with Crippen LogP contribution in [0, 0.1) is 0 Å². The number of para-hydroxylation sites is 4. The van der Waals surface area contributed by atoms with Crippen LogP contribution < -0.4 is 4.90 Å². The van der Waals surface area contributed by atoms with Crippen LogP contribution in [0.25, 0.3) is 72.2 Å². The molecule has 2 heterocycles. The molecular weight excluding hydrogens is 705 g/mol. The van der Waals surface area contributed by atoms with Crippen molar-refractivity contribution in [2.24, 2.45) is 0 Å². The lowest BCUT2D eigenvalue weighted by molar-refractivity contribution is 0.590. The molecule has 4 heteroatoms. The molecule has 0 saturated heterocycles. The second-order valence-electron chi connectivity index (χ2n) is 15.9. The first-order valence-corrected chi connectivity index (χ1v) is 19.9. The Kier molecular flexibility index (Phi) is 8.68. The fraction of sp³-hybridized carbons (Fsp3) is 0.0741. The van der Waals surface area contributed by atoms with Gasteiger partial charge in [-0.15, -0.1) is 0 Å². The zero-order valence-electron chi connectivity index (χ0n) is 32.8. The van der Waals surface area contributed by atoms with Crippen molar-refractivity contribution in [3.8, 4) is 39.3 Å². The van der Waals surface area contributed by atoms with E-state index in [1.54, 1.807) is 0 Å². The lowest BCUT2D eigenvalue weighted by Crippen LogP contribution is -2.10. The van der Waals surface area contributed by atoms with Gasteiger partial charge in [0, 0.05) is 44.6 Å². The van der Waals surface area contributed by atoms with Gasteiger partial charge in [-0.3, -0.25) is 0 Å². The summed E-state index contributed by atoms with van der Waals surface area (Å²) in [7, 11) is 0. The summed E-state index contributed by atoms with van der Waals surface area (Å²) in [4.78, 5) is 12.5. The Hall–Kier alpha value is -7.30. The van der Waals surface area contributed by atoms with Crippen LogP contribution in [-0.2, 0) is 5.41 Å². The van der Waals surface area contributed by atoms with Gasteiger partial charge in [0.25, 0.3) is 0 Å². The van der Waals surface area contributed by atoms with Crippen LogP contribution in [0.1, 0.15) is 26.3 Å². The zero-order valence-corrected chi connectivity index (χ0v) is 32.8. The number of hydrogen-bond donors (Lipinski definition) is 0. The van der Waals surface area contributed by atoms with Gasteiger partial charge in [-0.1, -0.05) is 142 Å². The van der Waals surface area contributed by atoms with E-state index in [2.05, 4.69) is 188 Å². The van der Waals surface area contributed by atoms with Gasteiger partial charge in [-0.05, 0) is 101 Å². The fourth-order valence-electron chi connectivity index (χ4n) is 8.14. The van der Waals surface area contributed by atoms with Crippen molar-refractivity contribution in [1.82, 2.24) is 14.5 Å². The van der Waals surface area contributed by atoms with Crippen molar-refractivity contribution in [2.75, 3.05) is 4.90 Å². The van der Waals surface area contributed by atoms with Crippen molar-refractivity contribution in [1.29, 1.82) is 0 Å². The predicted molar refractivity (Wildman–Crippen MR) is 244 cm³/mol. The number of aromatic nitrogens is 3. The van der Waals surface area contributed by atoms with E-state index in [-0.39, 0.29) is 5.41 Å². The Labute approximate surface area is 339 Å². The lowest BCUT2D eigenvalue weighted by Gasteiger charge is -2.26. The third-order valence-corrected chi connectivity index (χ3v) is 11.2. The lowest BCUT2D eigenvalue weighted by atomic mass is 9.87. The van der Waals surface area contributed by atoms with Crippen molar-refractivity contribution in [3.05, 3.63) is 206 Å². The van der Waals surface area contributed by atoms with Gasteiger partial charge in [0.1, 0.15) is 0 Å². The van der Waals surface area contributed by atoms with Crippen molar-refractivity contribution >= 4 is 49.9 Å². The molecule has 8 aromatic carbocycles. The number of fused-ring (bicyclic) bond motifs is 4. The Morgan fingerprint density at radius 3 is 1.50 bits per heavy atom. The Bertz CT molecular complexity index is 3050. The van der Waals surface area contributed by atoms with E-state index in [0.717, 1.165) is 50.6 Å². The monoisotopic (exact) mass is 746 g/mol. The molecule has 0 aliphatic carbocycles. The van der Waals surface area contributed by atoms with Gasteiger partial charge in [-0.25, -0.2) is 9.97 Å². The molecule has 0 amide bonds. The van der Waals surface area contributed by atoms with Gasteiger partial charge in [0.05, 0.1) is 33.5 Å². The number of hydrogen-bond acceptors (Lipinski definition) is 3. The molecule has 0 atom stereocenters. The minimum atomic E-state index is 0.105. The number of rotatable bonds is 7. The highest BCUT2D eigenvalue weighted by Gasteiger charge is 2.19. The van der Waals surface area contributed by atoms with Crippen molar-refractivity contribution < 1.29 is 0 Å². The third kappa shape index (κ3) is 6.39. The molecule has 0 bridgehead atoms. The van der Waals surface area contributed by atoms with E-state index in [4.69, 9.17) is 9.97 Å². The van der Waals surface area contributed by atoms with E-state index in [1.165, 1.54) is 44.2 Å². The highest BCUT2D eigenvalue weighted by molar-refractivity contribution is 6.10. The largest absolute Gasteiger partial charge is 0.311 e. The molecule has 0 unspecified atom stereocenters. The summed E-state index contributed by atoms with van der Waals surface area (Å²) < 4.78 is 2.39. The minimum absolute atomic E-state index is 0.105. The predicted octanol–water partition coefficient (Wildman–Crippen LogP) is 14.5. The molecule has 4 nitrogen and oxygen atoms in total. The summed E-state index contributed by atoms with van der Waals surface area (Å²) in [5.41, 5.74) is 16.2.